The van der Waals surface area contributed by atoms with Crippen LogP contribution in [0, 0.1) is 0 Å². The van der Waals surface area contributed by atoms with Crippen LogP contribution < -0.4 is 5.32 Å². The molecule has 1 fully saturated rings. The number of rotatable bonds is 2. The van der Waals surface area contributed by atoms with E-state index in [9.17, 15) is 0 Å². The first-order valence-corrected chi connectivity index (χ1v) is 7.20. The molecule has 0 aliphatic carbocycles. The summed E-state index contributed by atoms with van der Waals surface area (Å²) in [5, 5.41) is 4.68. The second-order valence-corrected chi connectivity index (χ2v) is 5.82. The van der Waals surface area contributed by atoms with Crippen molar-refractivity contribution in [2.45, 2.75) is 6.54 Å². The summed E-state index contributed by atoms with van der Waals surface area (Å²) >= 11 is 3.60. The Kier molecular flexibility index (Phi) is 3.41. The maximum Gasteiger partial charge on any atom is 0.0492 e. The molecule has 96 valence electrons. The van der Waals surface area contributed by atoms with E-state index in [1.807, 2.05) is 0 Å². The number of hydrogen-bond donors (Lipinski definition) is 1. The summed E-state index contributed by atoms with van der Waals surface area (Å²) in [5.74, 6) is 0. The van der Waals surface area contributed by atoms with Crippen LogP contribution in [0.15, 0.2) is 28.9 Å². The molecule has 3 rings (SSSR count). The molecule has 4 heteroatoms. The molecule has 2 heterocycles. The summed E-state index contributed by atoms with van der Waals surface area (Å²) in [5.41, 5.74) is 2.70. The van der Waals surface area contributed by atoms with Gasteiger partial charge in [-0.3, -0.25) is 4.90 Å². The normalized spacial score (nSPS) is 17.4. The third-order valence-corrected chi connectivity index (χ3v) is 4.25. The van der Waals surface area contributed by atoms with Crippen molar-refractivity contribution in [3.05, 3.63) is 34.4 Å². The van der Waals surface area contributed by atoms with Gasteiger partial charge in [0.15, 0.2) is 0 Å². The average molecular weight is 308 g/mol. The molecule has 0 atom stereocenters. The zero-order valence-corrected chi connectivity index (χ0v) is 12.2. The summed E-state index contributed by atoms with van der Waals surface area (Å²) < 4.78 is 3.36. The molecule has 0 unspecified atom stereocenters. The lowest BCUT2D eigenvalue weighted by Gasteiger charge is -2.27. The number of nitrogens with one attached hydrogen (secondary N) is 1. The number of piperazine rings is 1. The molecular formula is C14H18BrN3. The Morgan fingerprint density at radius 2 is 2.06 bits per heavy atom. The molecular weight excluding hydrogens is 290 g/mol. The zero-order valence-electron chi connectivity index (χ0n) is 10.6. The van der Waals surface area contributed by atoms with Gasteiger partial charge in [-0.25, -0.2) is 0 Å². The van der Waals surface area contributed by atoms with Crippen molar-refractivity contribution in [2.75, 3.05) is 26.2 Å². The highest BCUT2D eigenvalue weighted by molar-refractivity contribution is 9.10. The number of aromatic nitrogens is 1. The Balaban J connectivity index is 1.86. The lowest BCUT2D eigenvalue weighted by molar-refractivity contribution is 0.233. The number of aryl methyl sites for hydroxylation is 1. The van der Waals surface area contributed by atoms with Gasteiger partial charge in [0.1, 0.15) is 0 Å². The first-order chi connectivity index (χ1) is 8.74. The van der Waals surface area contributed by atoms with Crippen LogP contribution in [-0.2, 0) is 13.6 Å². The van der Waals surface area contributed by atoms with Crippen molar-refractivity contribution in [2.24, 2.45) is 7.05 Å². The van der Waals surface area contributed by atoms with Crippen molar-refractivity contribution >= 4 is 26.8 Å². The van der Waals surface area contributed by atoms with Crippen LogP contribution in [0.4, 0.5) is 0 Å². The van der Waals surface area contributed by atoms with Crippen LogP contribution in [0.25, 0.3) is 10.9 Å². The number of benzene rings is 1. The van der Waals surface area contributed by atoms with Gasteiger partial charge in [-0.1, -0.05) is 12.1 Å². The van der Waals surface area contributed by atoms with Gasteiger partial charge >= 0.3 is 0 Å². The smallest absolute Gasteiger partial charge is 0.0492 e. The van der Waals surface area contributed by atoms with Crippen molar-refractivity contribution in [3.8, 4) is 0 Å². The molecule has 1 aromatic heterocycles. The number of hydrogen-bond acceptors (Lipinski definition) is 2. The molecule has 1 aromatic carbocycles. The Bertz CT molecular complexity index is 555. The Labute approximate surface area is 116 Å². The zero-order chi connectivity index (χ0) is 12.5. The maximum absolute atomic E-state index is 3.60. The Morgan fingerprint density at radius 1 is 1.28 bits per heavy atom. The van der Waals surface area contributed by atoms with Gasteiger partial charge < -0.3 is 9.88 Å². The third-order valence-electron chi connectivity index (χ3n) is 3.62. The fourth-order valence-electron chi connectivity index (χ4n) is 2.61. The maximum atomic E-state index is 3.60. The number of nitrogens with zero attached hydrogens (tertiary/aromatic N) is 2. The first-order valence-electron chi connectivity index (χ1n) is 6.40. The van der Waals surface area contributed by atoms with E-state index < -0.39 is 0 Å². The molecule has 1 aliphatic rings. The largest absolute Gasteiger partial charge is 0.349 e. The molecule has 18 heavy (non-hydrogen) atoms. The second kappa shape index (κ2) is 5.03. The van der Waals surface area contributed by atoms with Crippen LogP contribution in [0.2, 0.25) is 0 Å². The highest BCUT2D eigenvalue weighted by Gasteiger charge is 2.11. The van der Waals surface area contributed by atoms with E-state index in [4.69, 9.17) is 0 Å². The minimum atomic E-state index is 1.06. The molecule has 0 radical (unpaired) electrons. The van der Waals surface area contributed by atoms with Gasteiger partial charge in [0.25, 0.3) is 0 Å². The predicted octanol–water partition coefficient (Wildman–Crippen LogP) is 2.35. The summed E-state index contributed by atoms with van der Waals surface area (Å²) in [7, 11) is 2.10. The fourth-order valence-corrected chi connectivity index (χ4v) is 3.25. The van der Waals surface area contributed by atoms with Crippen molar-refractivity contribution < 1.29 is 0 Å². The number of fused-ring (bicyclic) bond motifs is 1. The van der Waals surface area contributed by atoms with E-state index in [2.05, 4.69) is 62.2 Å². The number of halogens is 1. The van der Waals surface area contributed by atoms with E-state index in [1.54, 1.807) is 0 Å². The van der Waals surface area contributed by atoms with E-state index in [0.717, 1.165) is 32.7 Å². The Hall–Kier alpha value is -0.840. The molecule has 0 bridgehead atoms. The Morgan fingerprint density at radius 3 is 2.83 bits per heavy atom. The molecule has 1 saturated heterocycles. The SMILES string of the molecule is Cn1cc(Br)c2ccc(CN3CCNCC3)cc21. The molecule has 1 N–H and O–H groups in total. The van der Waals surface area contributed by atoms with Gasteiger partial charge in [0.05, 0.1) is 0 Å². The summed E-state index contributed by atoms with van der Waals surface area (Å²) in [6, 6.07) is 6.77. The van der Waals surface area contributed by atoms with Gasteiger partial charge in [-0.15, -0.1) is 0 Å². The van der Waals surface area contributed by atoms with Crippen molar-refractivity contribution in [1.29, 1.82) is 0 Å². The molecule has 0 amide bonds. The second-order valence-electron chi connectivity index (χ2n) is 4.97. The quantitative estimate of drug-likeness (QED) is 0.919. The lowest BCUT2D eigenvalue weighted by Crippen LogP contribution is -2.42. The monoisotopic (exact) mass is 307 g/mol. The molecule has 0 spiro atoms. The molecule has 3 nitrogen and oxygen atoms in total. The van der Waals surface area contributed by atoms with Gasteiger partial charge in [0, 0.05) is 61.3 Å². The van der Waals surface area contributed by atoms with Crippen LogP contribution >= 0.6 is 15.9 Å². The topological polar surface area (TPSA) is 20.2 Å². The predicted molar refractivity (Wildman–Crippen MR) is 78.8 cm³/mol. The van der Waals surface area contributed by atoms with E-state index in [1.165, 1.54) is 20.9 Å². The molecule has 2 aromatic rings. The minimum Gasteiger partial charge on any atom is -0.349 e. The van der Waals surface area contributed by atoms with Gasteiger partial charge in [-0.05, 0) is 27.6 Å². The van der Waals surface area contributed by atoms with Crippen molar-refractivity contribution in [3.63, 3.8) is 0 Å². The summed E-state index contributed by atoms with van der Waals surface area (Å²) in [6.45, 7) is 5.57. The first kappa shape index (κ1) is 12.2. The van der Waals surface area contributed by atoms with Crippen LogP contribution in [0.3, 0.4) is 0 Å². The van der Waals surface area contributed by atoms with E-state index in [-0.39, 0.29) is 0 Å². The lowest BCUT2D eigenvalue weighted by atomic mass is 10.1. The van der Waals surface area contributed by atoms with Gasteiger partial charge in [-0.2, -0.15) is 0 Å². The molecule has 0 saturated carbocycles. The van der Waals surface area contributed by atoms with Gasteiger partial charge in [0.2, 0.25) is 0 Å². The minimum absolute atomic E-state index is 1.06. The molecule has 1 aliphatic heterocycles. The average Bonchev–Trinajstić information content (AvgIpc) is 2.66. The van der Waals surface area contributed by atoms with E-state index >= 15 is 0 Å². The van der Waals surface area contributed by atoms with Crippen LogP contribution in [-0.4, -0.2) is 35.6 Å². The van der Waals surface area contributed by atoms with Crippen LogP contribution in [0.5, 0.6) is 0 Å². The summed E-state index contributed by atoms with van der Waals surface area (Å²) in [6.07, 6.45) is 2.12. The van der Waals surface area contributed by atoms with Crippen LogP contribution in [0.1, 0.15) is 5.56 Å². The third kappa shape index (κ3) is 2.32. The highest BCUT2D eigenvalue weighted by Crippen LogP contribution is 2.26. The standard InChI is InChI=1S/C14H18BrN3/c1-17-10-13(15)12-3-2-11(8-14(12)17)9-18-6-4-16-5-7-18/h2-3,8,10,16H,4-7,9H2,1H3. The van der Waals surface area contributed by atoms with E-state index in [0.29, 0.717) is 0 Å². The van der Waals surface area contributed by atoms with Crippen molar-refractivity contribution in [1.82, 2.24) is 14.8 Å². The highest BCUT2D eigenvalue weighted by atomic mass is 79.9. The summed E-state index contributed by atoms with van der Waals surface area (Å²) in [4.78, 5) is 2.51. The fraction of sp³-hybridized carbons (Fsp3) is 0.429.